The molecule has 0 bridgehead atoms. The number of likely N-dealkylation sites (N-methyl/N-ethyl adjacent to an activating group) is 1. The number of H-pyrrole nitrogens is 1. The van der Waals surface area contributed by atoms with E-state index in [4.69, 9.17) is 0 Å². The monoisotopic (exact) mass is 324 g/mol. The Balaban J connectivity index is 2.20. The van der Waals surface area contributed by atoms with E-state index < -0.39 is 0 Å². The number of hydrogen-bond donors (Lipinski definition) is 2. The topological polar surface area (TPSA) is 44.9 Å². The predicted octanol–water partition coefficient (Wildman–Crippen LogP) is 4.17. The van der Waals surface area contributed by atoms with E-state index in [1.807, 2.05) is 43.6 Å². The van der Waals surface area contributed by atoms with Crippen molar-refractivity contribution in [3.05, 3.63) is 70.7 Å². The molecule has 3 nitrogen and oxygen atoms in total. The number of carbonyl (C=O) groups excluding carboxylic acids is 1. The van der Waals surface area contributed by atoms with Gasteiger partial charge in [0.2, 0.25) is 0 Å². The lowest BCUT2D eigenvalue weighted by Crippen LogP contribution is -2.18. The average Bonchev–Trinajstić information content (AvgIpc) is 2.99. The van der Waals surface area contributed by atoms with Gasteiger partial charge in [0.1, 0.15) is 5.82 Å². The number of carbonyl (C=O) groups is 1. The van der Waals surface area contributed by atoms with Crippen LogP contribution >= 0.6 is 0 Å². The average molecular weight is 324 g/mol. The van der Waals surface area contributed by atoms with E-state index in [9.17, 15) is 9.18 Å². The van der Waals surface area contributed by atoms with Crippen molar-refractivity contribution in [2.45, 2.75) is 19.8 Å². The number of aromatic nitrogens is 1. The van der Waals surface area contributed by atoms with Crippen molar-refractivity contribution in [3.63, 3.8) is 0 Å². The van der Waals surface area contributed by atoms with Crippen molar-refractivity contribution >= 4 is 16.7 Å². The van der Waals surface area contributed by atoms with Crippen LogP contribution < -0.4 is 5.32 Å². The zero-order valence-electron chi connectivity index (χ0n) is 14.1. The van der Waals surface area contributed by atoms with Gasteiger partial charge in [-0.15, -0.1) is 0 Å². The summed E-state index contributed by atoms with van der Waals surface area (Å²) >= 11 is 0. The fourth-order valence-corrected chi connectivity index (χ4v) is 3.28. The molecular formula is C20H21FN2O. The second-order valence-electron chi connectivity index (χ2n) is 6.15. The summed E-state index contributed by atoms with van der Waals surface area (Å²) in [6.45, 7) is 4.05. The molecule has 0 aliphatic rings. The molecule has 4 heteroatoms. The van der Waals surface area contributed by atoms with Crippen LogP contribution in [0.1, 0.15) is 39.9 Å². The highest BCUT2D eigenvalue weighted by molar-refractivity contribution is 6.07. The third-order valence-corrected chi connectivity index (χ3v) is 4.48. The zero-order valence-corrected chi connectivity index (χ0v) is 14.1. The highest BCUT2D eigenvalue weighted by Gasteiger charge is 2.21. The lowest BCUT2D eigenvalue weighted by molar-refractivity contribution is 0.101. The molecule has 0 amide bonds. The molecule has 0 aliphatic heterocycles. The summed E-state index contributed by atoms with van der Waals surface area (Å²) in [5.74, 6) is -0.131. The van der Waals surface area contributed by atoms with Crippen LogP contribution in [0.15, 0.2) is 42.6 Å². The minimum Gasteiger partial charge on any atom is -0.361 e. The fraction of sp³-hybridized carbons (Fsp3) is 0.250. The molecule has 1 unspecified atom stereocenters. The summed E-state index contributed by atoms with van der Waals surface area (Å²) in [6.07, 6.45) is 1.96. The van der Waals surface area contributed by atoms with Gasteiger partial charge in [0.15, 0.2) is 5.78 Å². The molecular weight excluding hydrogens is 303 g/mol. The van der Waals surface area contributed by atoms with E-state index in [1.165, 1.54) is 6.07 Å². The van der Waals surface area contributed by atoms with Gasteiger partial charge in [0.05, 0.1) is 0 Å². The normalized spacial score (nSPS) is 12.5. The smallest absolute Gasteiger partial charge is 0.160 e. The van der Waals surface area contributed by atoms with E-state index >= 15 is 0 Å². The van der Waals surface area contributed by atoms with Gasteiger partial charge in [0.25, 0.3) is 0 Å². The molecule has 0 saturated heterocycles. The first-order valence-electron chi connectivity index (χ1n) is 8.04. The quantitative estimate of drug-likeness (QED) is 0.692. The van der Waals surface area contributed by atoms with Gasteiger partial charge in [-0.2, -0.15) is 0 Å². The molecule has 0 saturated carbocycles. The minimum atomic E-state index is -0.203. The maximum atomic E-state index is 13.6. The Labute approximate surface area is 140 Å². The molecule has 24 heavy (non-hydrogen) atoms. The zero-order chi connectivity index (χ0) is 17.3. The number of halogens is 1. The van der Waals surface area contributed by atoms with E-state index in [0.717, 1.165) is 22.0 Å². The Hall–Kier alpha value is -2.46. The molecule has 2 N–H and O–H groups in total. The van der Waals surface area contributed by atoms with Crippen LogP contribution in [-0.2, 0) is 0 Å². The first-order chi connectivity index (χ1) is 11.5. The summed E-state index contributed by atoms with van der Waals surface area (Å²) in [5.41, 5.74) is 4.36. The number of fused-ring (bicyclic) bond motifs is 1. The number of aromatic amines is 1. The third-order valence-electron chi connectivity index (χ3n) is 4.48. The van der Waals surface area contributed by atoms with Crippen LogP contribution in [0.2, 0.25) is 0 Å². The van der Waals surface area contributed by atoms with Crippen LogP contribution in [0.25, 0.3) is 10.9 Å². The highest BCUT2D eigenvalue weighted by atomic mass is 19.1. The first kappa shape index (κ1) is 16.4. The van der Waals surface area contributed by atoms with E-state index in [0.29, 0.717) is 17.7 Å². The number of rotatable bonds is 5. The van der Waals surface area contributed by atoms with Gasteiger partial charge >= 0.3 is 0 Å². The van der Waals surface area contributed by atoms with Crippen molar-refractivity contribution in [1.82, 2.24) is 10.3 Å². The van der Waals surface area contributed by atoms with Gasteiger partial charge in [-0.3, -0.25) is 4.79 Å². The molecule has 0 aliphatic carbocycles. The number of Topliss-reactive ketones (excluding diaryl/α,β-unsaturated/α-hetero) is 1. The van der Waals surface area contributed by atoms with E-state index in [2.05, 4.69) is 10.3 Å². The summed E-state index contributed by atoms with van der Waals surface area (Å²) in [5, 5.41) is 4.16. The Morgan fingerprint density at radius 3 is 2.75 bits per heavy atom. The van der Waals surface area contributed by atoms with E-state index in [1.54, 1.807) is 13.8 Å². The third kappa shape index (κ3) is 2.85. The van der Waals surface area contributed by atoms with Gasteiger partial charge in [-0.05, 0) is 49.7 Å². The van der Waals surface area contributed by atoms with Gasteiger partial charge in [-0.1, -0.05) is 24.3 Å². The number of hydrogen-bond acceptors (Lipinski definition) is 2. The van der Waals surface area contributed by atoms with Gasteiger partial charge < -0.3 is 10.3 Å². The lowest BCUT2D eigenvalue weighted by atomic mass is 9.88. The van der Waals surface area contributed by atoms with Crippen molar-refractivity contribution in [1.29, 1.82) is 0 Å². The predicted molar refractivity (Wildman–Crippen MR) is 95.2 cm³/mol. The number of nitrogens with one attached hydrogen (secondary N) is 2. The Bertz CT molecular complexity index is 898. The maximum absolute atomic E-state index is 13.6. The molecule has 1 heterocycles. The van der Waals surface area contributed by atoms with Crippen molar-refractivity contribution < 1.29 is 9.18 Å². The van der Waals surface area contributed by atoms with Crippen molar-refractivity contribution in [2.24, 2.45) is 0 Å². The Morgan fingerprint density at radius 2 is 2.08 bits per heavy atom. The Kier molecular flexibility index (Phi) is 4.49. The summed E-state index contributed by atoms with van der Waals surface area (Å²) in [4.78, 5) is 15.3. The molecule has 0 radical (unpaired) electrons. The molecule has 0 fully saturated rings. The molecule has 1 atom stereocenters. The van der Waals surface area contributed by atoms with E-state index in [-0.39, 0.29) is 17.5 Å². The maximum Gasteiger partial charge on any atom is 0.160 e. The van der Waals surface area contributed by atoms with Crippen LogP contribution in [0, 0.1) is 12.7 Å². The fourth-order valence-electron chi connectivity index (χ4n) is 3.28. The first-order valence-corrected chi connectivity index (χ1v) is 8.04. The number of aryl methyl sites for hydroxylation is 1. The molecule has 1 aromatic heterocycles. The lowest BCUT2D eigenvalue weighted by Gasteiger charge is -2.18. The number of ketones is 1. The van der Waals surface area contributed by atoms with Crippen molar-refractivity contribution in [3.8, 4) is 0 Å². The highest BCUT2D eigenvalue weighted by Crippen LogP contribution is 2.33. The summed E-state index contributed by atoms with van der Waals surface area (Å²) in [7, 11) is 1.89. The largest absolute Gasteiger partial charge is 0.361 e. The van der Waals surface area contributed by atoms with Crippen molar-refractivity contribution in [2.75, 3.05) is 13.6 Å². The molecule has 3 aromatic rings. The molecule has 2 aromatic carbocycles. The van der Waals surface area contributed by atoms with Crippen LogP contribution in [-0.4, -0.2) is 24.4 Å². The SMILES string of the molecule is CNCC(c1ccc(F)c(C)c1)c1c[nH]c2cccc(C(C)=O)c12. The second-order valence-corrected chi connectivity index (χ2v) is 6.15. The van der Waals surface area contributed by atoms with Crippen LogP contribution in [0.5, 0.6) is 0 Å². The molecule has 0 spiro atoms. The van der Waals surface area contributed by atoms with Gasteiger partial charge in [0, 0.05) is 35.1 Å². The van der Waals surface area contributed by atoms with Crippen LogP contribution in [0.3, 0.4) is 0 Å². The second kappa shape index (κ2) is 6.57. The minimum absolute atomic E-state index is 0.0311. The Morgan fingerprint density at radius 1 is 1.29 bits per heavy atom. The van der Waals surface area contributed by atoms with Gasteiger partial charge in [-0.25, -0.2) is 4.39 Å². The molecule has 3 rings (SSSR count). The summed E-state index contributed by atoms with van der Waals surface area (Å²) in [6, 6.07) is 10.9. The standard InChI is InChI=1S/C20H21FN2O/c1-12-9-14(7-8-18(12)21)16(10-22-3)17-11-23-19-6-4-5-15(13(2)24)20(17)19/h4-9,11,16,22-23H,10H2,1-3H3. The van der Waals surface area contributed by atoms with Crippen LogP contribution in [0.4, 0.5) is 4.39 Å². The molecule has 124 valence electrons. The number of benzene rings is 2. The summed E-state index contributed by atoms with van der Waals surface area (Å²) < 4.78 is 13.6.